The van der Waals surface area contributed by atoms with E-state index >= 15 is 0 Å². The van der Waals surface area contributed by atoms with Gasteiger partial charge in [-0.05, 0) is 16.8 Å². The van der Waals surface area contributed by atoms with Crippen molar-refractivity contribution in [3.63, 3.8) is 0 Å². The molecule has 1 atom stereocenters. The summed E-state index contributed by atoms with van der Waals surface area (Å²) in [5.41, 5.74) is 0. The molecule has 3 heterocycles. The van der Waals surface area contributed by atoms with Crippen LogP contribution >= 0.6 is 0 Å². The molecule has 2 aromatic rings. The maximum atomic E-state index is 10.6. The van der Waals surface area contributed by atoms with E-state index in [9.17, 15) is 20.2 Å². The number of aryl methyl sites for hydroxylation is 1. The molecular weight excluding hydrogens is 386 g/mol. The molecule has 1 aliphatic heterocycles. The van der Waals surface area contributed by atoms with Crippen molar-refractivity contribution in [2.75, 3.05) is 32.8 Å². The SMILES string of the molecule is Cc1ncc([N+](=O)[O-])n1CC(C)O.O=[N+]([O-])c1cncn1CCN1CCOCC1. The first-order chi connectivity index (χ1) is 13.8. The summed E-state index contributed by atoms with van der Waals surface area (Å²) < 4.78 is 8.17. The second-order valence-electron chi connectivity index (χ2n) is 6.54. The van der Waals surface area contributed by atoms with Gasteiger partial charge in [0.15, 0.2) is 12.2 Å². The molecule has 13 heteroatoms. The van der Waals surface area contributed by atoms with E-state index in [4.69, 9.17) is 9.84 Å². The predicted octanol–water partition coefficient (Wildman–Crippen LogP) is 0.604. The summed E-state index contributed by atoms with van der Waals surface area (Å²) in [7, 11) is 0. The quantitative estimate of drug-likeness (QED) is 0.509. The number of aliphatic hydroxyl groups excluding tert-OH is 1. The average molecular weight is 411 g/mol. The smallest absolute Gasteiger partial charge is 0.342 e. The standard InChI is InChI=1S/C9H14N4O3.C7H11N3O3/c14-13(15)9-7-10-8-12(9)2-1-11-3-5-16-6-4-11;1-5(11)4-9-6(2)8-3-7(9)10(12)13/h7-8H,1-6H2;3,5,11H,4H2,1-2H3. The molecule has 1 aliphatic rings. The molecule has 29 heavy (non-hydrogen) atoms. The highest BCUT2D eigenvalue weighted by Gasteiger charge is 2.18. The number of nitrogens with zero attached hydrogens (tertiary/aromatic N) is 7. The lowest BCUT2D eigenvalue weighted by atomic mass is 10.4. The average Bonchev–Trinajstić information content (AvgIpc) is 3.28. The molecule has 0 aliphatic carbocycles. The van der Waals surface area contributed by atoms with Crippen molar-refractivity contribution >= 4 is 11.6 Å². The van der Waals surface area contributed by atoms with Crippen molar-refractivity contribution in [2.45, 2.75) is 33.0 Å². The Hall–Kier alpha value is -2.90. The second-order valence-corrected chi connectivity index (χ2v) is 6.54. The maximum absolute atomic E-state index is 10.6. The summed E-state index contributed by atoms with van der Waals surface area (Å²) in [6.07, 6.45) is 3.35. The lowest BCUT2D eigenvalue weighted by molar-refractivity contribution is -0.392. The van der Waals surface area contributed by atoms with Crippen molar-refractivity contribution in [2.24, 2.45) is 0 Å². The highest BCUT2D eigenvalue weighted by atomic mass is 16.6. The van der Waals surface area contributed by atoms with Crippen LogP contribution in [0.25, 0.3) is 0 Å². The molecule has 3 rings (SSSR count). The molecule has 1 unspecified atom stereocenters. The fraction of sp³-hybridized carbons (Fsp3) is 0.625. The van der Waals surface area contributed by atoms with Gasteiger partial charge >= 0.3 is 11.6 Å². The molecule has 13 nitrogen and oxygen atoms in total. The third-order valence-electron chi connectivity index (χ3n) is 4.31. The Morgan fingerprint density at radius 2 is 1.83 bits per heavy atom. The molecule has 0 aromatic carbocycles. The van der Waals surface area contributed by atoms with Crippen LogP contribution in [0.4, 0.5) is 11.6 Å². The minimum atomic E-state index is -0.619. The van der Waals surface area contributed by atoms with E-state index in [-0.39, 0.29) is 18.2 Å². The van der Waals surface area contributed by atoms with Crippen LogP contribution < -0.4 is 0 Å². The van der Waals surface area contributed by atoms with Gasteiger partial charge in [0.25, 0.3) is 0 Å². The van der Waals surface area contributed by atoms with Gasteiger partial charge < -0.3 is 30.1 Å². The minimum absolute atomic E-state index is 0.0493. The summed E-state index contributed by atoms with van der Waals surface area (Å²) in [6.45, 7) is 8.08. The molecule has 0 amide bonds. The van der Waals surface area contributed by atoms with Crippen LogP contribution in [0.5, 0.6) is 0 Å². The van der Waals surface area contributed by atoms with Crippen LogP contribution in [0.1, 0.15) is 12.7 Å². The minimum Gasteiger partial charge on any atom is -0.389 e. The van der Waals surface area contributed by atoms with Gasteiger partial charge in [0, 0.05) is 26.6 Å². The zero-order valence-corrected chi connectivity index (χ0v) is 16.4. The summed E-state index contributed by atoms with van der Waals surface area (Å²) in [5, 5.41) is 30.2. The Morgan fingerprint density at radius 3 is 2.41 bits per heavy atom. The number of rotatable bonds is 7. The number of hydrogen-bond donors (Lipinski definition) is 1. The highest BCUT2D eigenvalue weighted by Crippen LogP contribution is 2.13. The van der Waals surface area contributed by atoms with Crippen LogP contribution in [-0.2, 0) is 17.8 Å². The fourth-order valence-electron chi connectivity index (χ4n) is 2.80. The Balaban J connectivity index is 0.000000212. The molecule has 0 radical (unpaired) electrons. The van der Waals surface area contributed by atoms with E-state index in [1.165, 1.54) is 23.3 Å². The first-order valence-corrected chi connectivity index (χ1v) is 9.08. The van der Waals surface area contributed by atoms with Gasteiger partial charge in [-0.1, -0.05) is 0 Å². The summed E-state index contributed by atoms with van der Waals surface area (Å²) in [4.78, 5) is 30.0. The van der Waals surface area contributed by atoms with Crippen molar-refractivity contribution in [3.05, 3.63) is 44.8 Å². The van der Waals surface area contributed by atoms with Gasteiger partial charge in [0.1, 0.15) is 25.5 Å². The number of aromatic nitrogens is 4. The van der Waals surface area contributed by atoms with E-state index in [1.807, 2.05) is 0 Å². The van der Waals surface area contributed by atoms with Crippen LogP contribution in [0.2, 0.25) is 0 Å². The summed E-state index contributed by atoms with van der Waals surface area (Å²) in [5.74, 6) is 0.499. The molecule has 0 spiro atoms. The van der Waals surface area contributed by atoms with Crippen LogP contribution in [0.15, 0.2) is 18.7 Å². The normalized spacial score (nSPS) is 15.4. The van der Waals surface area contributed by atoms with Crippen LogP contribution in [0, 0.1) is 27.2 Å². The summed E-state index contributed by atoms with van der Waals surface area (Å²) >= 11 is 0. The lowest BCUT2D eigenvalue weighted by Crippen LogP contribution is -2.38. The van der Waals surface area contributed by atoms with Gasteiger partial charge in [0.05, 0.1) is 19.3 Å². The van der Waals surface area contributed by atoms with Gasteiger partial charge in [-0.25, -0.2) is 19.1 Å². The fourth-order valence-corrected chi connectivity index (χ4v) is 2.80. The van der Waals surface area contributed by atoms with Gasteiger partial charge in [0.2, 0.25) is 0 Å². The van der Waals surface area contributed by atoms with Crippen LogP contribution in [-0.4, -0.2) is 77.9 Å². The monoisotopic (exact) mass is 411 g/mol. The van der Waals surface area contributed by atoms with Gasteiger partial charge in [-0.3, -0.25) is 4.90 Å². The number of hydrogen-bond acceptors (Lipinski definition) is 9. The largest absolute Gasteiger partial charge is 0.389 e. The Labute approximate surface area is 166 Å². The van der Waals surface area contributed by atoms with E-state index < -0.39 is 16.0 Å². The molecule has 1 N–H and O–H groups in total. The zero-order valence-electron chi connectivity index (χ0n) is 16.4. The molecule has 160 valence electrons. The van der Waals surface area contributed by atoms with E-state index in [0.717, 1.165) is 32.8 Å². The van der Waals surface area contributed by atoms with E-state index in [2.05, 4.69) is 14.9 Å². The number of aliphatic hydroxyl groups is 1. The van der Waals surface area contributed by atoms with E-state index in [1.54, 1.807) is 18.4 Å². The Morgan fingerprint density at radius 1 is 1.17 bits per heavy atom. The Bertz CT molecular complexity index is 813. The maximum Gasteiger partial charge on any atom is 0.342 e. The number of nitro groups is 2. The van der Waals surface area contributed by atoms with Gasteiger partial charge in [-0.2, -0.15) is 0 Å². The van der Waals surface area contributed by atoms with Crippen molar-refractivity contribution in [3.8, 4) is 0 Å². The molecule has 1 fully saturated rings. The third kappa shape index (κ3) is 6.58. The Kier molecular flexibility index (Phi) is 8.18. The lowest BCUT2D eigenvalue weighted by Gasteiger charge is -2.25. The van der Waals surface area contributed by atoms with Crippen LogP contribution in [0.3, 0.4) is 0 Å². The predicted molar refractivity (Wildman–Crippen MR) is 101 cm³/mol. The molecule has 2 aromatic heterocycles. The first kappa shape index (κ1) is 22.4. The summed E-state index contributed by atoms with van der Waals surface area (Å²) in [6, 6.07) is 0. The third-order valence-corrected chi connectivity index (χ3v) is 4.31. The number of morpholine rings is 1. The number of imidazole rings is 2. The van der Waals surface area contributed by atoms with Crippen molar-refractivity contribution in [1.82, 2.24) is 24.0 Å². The number of ether oxygens (including phenoxy) is 1. The van der Waals surface area contributed by atoms with Crippen molar-refractivity contribution < 1.29 is 19.7 Å². The van der Waals surface area contributed by atoms with Gasteiger partial charge in [-0.15, -0.1) is 0 Å². The zero-order chi connectivity index (χ0) is 21.4. The molecule has 0 bridgehead atoms. The first-order valence-electron chi connectivity index (χ1n) is 9.08. The molecular formula is C16H25N7O6. The molecule has 0 saturated carbocycles. The second kappa shape index (κ2) is 10.6. The van der Waals surface area contributed by atoms with E-state index in [0.29, 0.717) is 12.4 Å². The molecule has 1 saturated heterocycles. The highest BCUT2D eigenvalue weighted by molar-refractivity contribution is 5.18. The topological polar surface area (TPSA) is 155 Å². The van der Waals surface area contributed by atoms with Crippen molar-refractivity contribution in [1.29, 1.82) is 0 Å².